The van der Waals surface area contributed by atoms with Crippen LogP contribution in [0.3, 0.4) is 0 Å². The van der Waals surface area contributed by atoms with Gasteiger partial charge in [0.15, 0.2) is 6.61 Å². The average molecular weight is 403 g/mol. The number of rotatable bonds is 8. The molecule has 0 saturated heterocycles. The number of carbonyl (C=O) groups is 3. The van der Waals surface area contributed by atoms with E-state index in [1.54, 1.807) is 42.5 Å². The Kier molecular flexibility index (Phi) is 6.95. The molecule has 6 nitrogen and oxygen atoms in total. The monoisotopic (exact) mass is 403 g/mol. The summed E-state index contributed by atoms with van der Waals surface area (Å²) in [6, 6.07) is 22.5. The second kappa shape index (κ2) is 10.0. The van der Waals surface area contributed by atoms with E-state index in [4.69, 9.17) is 9.47 Å². The number of methoxy groups -OCH3 is 1. The lowest BCUT2D eigenvalue weighted by atomic mass is 10.1. The molecular weight excluding hydrogens is 382 g/mol. The van der Waals surface area contributed by atoms with E-state index in [-0.39, 0.29) is 23.7 Å². The van der Waals surface area contributed by atoms with Gasteiger partial charge in [-0.2, -0.15) is 0 Å². The Bertz CT molecular complexity index is 1050. The van der Waals surface area contributed by atoms with Crippen molar-refractivity contribution in [2.75, 3.05) is 19.0 Å². The van der Waals surface area contributed by atoms with Crippen molar-refractivity contribution in [3.8, 4) is 5.75 Å². The summed E-state index contributed by atoms with van der Waals surface area (Å²) >= 11 is 0. The maximum absolute atomic E-state index is 12.5. The minimum absolute atomic E-state index is 0.173. The van der Waals surface area contributed by atoms with E-state index >= 15 is 0 Å². The molecule has 0 aromatic heterocycles. The van der Waals surface area contributed by atoms with Crippen molar-refractivity contribution in [1.82, 2.24) is 0 Å². The van der Waals surface area contributed by atoms with E-state index in [1.807, 2.05) is 30.3 Å². The van der Waals surface area contributed by atoms with Gasteiger partial charge in [-0.15, -0.1) is 0 Å². The van der Waals surface area contributed by atoms with E-state index < -0.39 is 12.6 Å². The number of ether oxygens (including phenoxy) is 2. The molecule has 0 saturated carbocycles. The maximum Gasteiger partial charge on any atom is 0.340 e. The number of benzene rings is 3. The third kappa shape index (κ3) is 5.32. The SMILES string of the molecule is COc1ccccc1C(=O)COC(=O)c1ccccc1NC(=O)Cc1ccccc1. The maximum atomic E-state index is 12.5. The molecule has 0 unspecified atom stereocenters. The Labute approximate surface area is 174 Å². The Hall–Kier alpha value is -3.93. The van der Waals surface area contributed by atoms with Crippen LogP contribution in [0.25, 0.3) is 0 Å². The first kappa shape index (κ1) is 20.8. The summed E-state index contributed by atoms with van der Waals surface area (Å²) in [6.07, 6.45) is 0.177. The average Bonchev–Trinajstić information content (AvgIpc) is 2.78. The lowest BCUT2D eigenvalue weighted by molar-refractivity contribution is -0.115. The van der Waals surface area contributed by atoms with Gasteiger partial charge in [0.1, 0.15) is 5.75 Å². The predicted molar refractivity (Wildman–Crippen MR) is 113 cm³/mol. The van der Waals surface area contributed by atoms with Crippen LogP contribution in [-0.2, 0) is 16.0 Å². The minimum atomic E-state index is -0.700. The molecule has 3 aromatic carbocycles. The number of esters is 1. The standard InChI is InChI=1S/C24H21NO5/c1-29-22-14-8-6-12-19(22)21(26)16-30-24(28)18-11-5-7-13-20(18)25-23(27)15-17-9-3-2-4-10-17/h2-14H,15-16H2,1H3,(H,25,27). The van der Waals surface area contributed by atoms with E-state index in [2.05, 4.69) is 5.32 Å². The van der Waals surface area contributed by atoms with Gasteiger partial charge in [-0.05, 0) is 29.8 Å². The van der Waals surface area contributed by atoms with Crippen molar-refractivity contribution >= 4 is 23.3 Å². The van der Waals surface area contributed by atoms with Gasteiger partial charge in [-0.25, -0.2) is 4.79 Å². The first-order valence-corrected chi connectivity index (χ1v) is 9.34. The number of hydrogen-bond donors (Lipinski definition) is 1. The summed E-state index contributed by atoms with van der Waals surface area (Å²) < 4.78 is 10.3. The van der Waals surface area contributed by atoms with Gasteiger partial charge in [0.05, 0.1) is 30.3 Å². The van der Waals surface area contributed by atoms with Crippen molar-refractivity contribution in [3.05, 3.63) is 95.6 Å². The normalized spacial score (nSPS) is 10.2. The second-order valence-electron chi connectivity index (χ2n) is 6.46. The molecule has 0 aliphatic rings. The fraction of sp³-hybridized carbons (Fsp3) is 0.125. The molecule has 1 amide bonds. The second-order valence-corrected chi connectivity index (χ2v) is 6.46. The highest BCUT2D eigenvalue weighted by molar-refractivity contribution is 6.04. The first-order chi connectivity index (χ1) is 14.6. The van der Waals surface area contributed by atoms with Crippen LogP contribution >= 0.6 is 0 Å². The smallest absolute Gasteiger partial charge is 0.340 e. The summed E-state index contributed by atoms with van der Waals surface area (Å²) in [6.45, 7) is -0.439. The molecule has 152 valence electrons. The highest BCUT2D eigenvalue weighted by Crippen LogP contribution is 2.20. The number of para-hydroxylation sites is 2. The number of nitrogens with one attached hydrogen (secondary N) is 1. The van der Waals surface area contributed by atoms with Crippen LogP contribution in [0, 0.1) is 0 Å². The van der Waals surface area contributed by atoms with Crippen LogP contribution in [0.5, 0.6) is 5.75 Å². The number of hydrogen-bond acceptors (Lipinski definition) is 5. The molecule has 1 N–H and O–H groups in total. The Morgan fingerprint density at radius 2 is 1.43 bits per heavy atom. The van der Waals surface area contributed by atoms with Crippen LogP contribution in [-0.4, -0.2) is 31.4 Å². The van der Waals surface area contributed by atoms with E-state index in [1.165, 1.54) is 13.2 Å². The minimum Gasteiger partial charge on any atom is -0.496 e. The number of ketones is 1. The summed E-state index contributed by atoms with van der Waals surface area (Å²) in [4.78, 5) is 37.3. The number of Topliss-reactive ketones (excluding diaryl/α,β-unsaturated/α-hetero) is 1. The molecular formula is C24H21NO5. The van der Waals surface area contributed by atoms with Crippen molar-refractivity contribution in [2.24, 2.45) is 0 Å². The first-order valence-electron chi connectivity index (χ1n) is 9.34. The molecule has 0 bridgehead atoms. The van der Waals surface area contributed by atoms with Gasteiger partial charge in [-0.3, -0.25) is 9.59 Å². The van der Waals surface area contributed by atoms with E-state index in [0.29, 0.717) is 17.0 Å². The van der Waals surface area contributed by atoms with Crippen molar-refractivity contribution in [3.63, 3.8) is 0 Å². The molecule has 30 heavy (non-hydrogen) atoms. The molecule has 0 aliphatic heterocycles. The number of carbonyl (C=O) groups excluding carboxylic acids is 3. The molecule has 0 atom stereocenters. The van der Waals surface area contributed by atoms with Crippen molar-refractivity contribution in [1.29, 1.82) is 0 Å². The van der Waals surface area contributed by atoms with Crippen LogP contribution in [0.4, 0.5) is 5.69 Å². The molecule has 0 spiro atoms. The highest BCUT2D eigenvalue weighted by atomic mass is 16.5. The van der Waals surface area contributed by atoms with Crippen LogP contribution in [0.1, 0.15) is 26.3 Å². The zero-order valence-electron chi connectivity index (χ0n) is 16.5. The van der Waals surface area contributed by atoms with Gasteiger partial charge < -0.3 is 14.8 Å². The fourth-order valence-electron chi connectivity index (χ4n) is 2.91. The van der Waals surface area contributed by atoms with Crippen LogP contribution < -0.4 is 10.1 Å². The third-order valence-corrected chi connectivity index (χ3v) is 4.37. The van der Waals surface area contributed by atoms with Crippen LogP contribution in [0.2, 0.25) is 0 Å². The Morgan fingerprint density at radius 1 is 0.800 bits per heavy atom. The molecule has 6 heteroatoms. The Balaban J connectivity index is 1.65. The summed E-state index contributed by atoms with van der Waals surface area (Å²) in [5.41, 5.74) is 1.69. The van der Waals surface area contributed by atoms with Crippen molar-refractivity contribution < 1.29 is 23.9 Å². The predicted octanol–water partition coefficient (Wildman–Crippen LogP) is 3.92. The molecule has 0 fully saturated rings. The zero-order valence-corrected chi connectivity index (χ0v) is 16.5. The summed E-state index contributed by atoms with van der Waals surface area (Å²) in [7, 11) is 1.46. The van der Waals surface area contributed by atoms with Crippen molar-refractivity contribution in [2.45, 2.75) is 6.42 Å². The highest BCUT2D eigenvalue weighted by Gasteiger charge is 2.18. The quantitative estimate of drug-likeness (QED) is 0.455. The molecule has 3 rings (SSSR count). The Morgan fingerprint density at radius 3 is 2.17 bits per heavy atom. The summed E-state index contributed by atoms with van der Waals surface area (Å²) in [5, 5.41) is 2.73. The van der Waals surface area contributed by atoms with E-state index in [0.717, 1.165) is 5.56 Å². The summed E-state index contributed by atoms with van der Waals surface area (Å²) in [5.74, 6) is -0.932. The van der Waals surface area contributed by atoms with Crippen LogP contribution in [0.15, 0.2) is 78.9 Å². The van der Waals surface area contributed by atoms with Gasteiger partial charge in [0.2, 0.25) is 11.7 Å². The molecule has 0 radical (unpaired) electrons. The number of anilines is 1. The molecule has 3 aromatic rings. The lowest BCUT2D eigenvalue weighted by Gasteiger charge is -2.11. The van der Waals surface area contributed by atoms with E-state index in [9.17, 15) is 14.4 Å². The molecule has 0 heterocycles. The van der Waals surface area contributed by atoms with Gasteiger partial charge >= 0.3 is 5.97 Å². The third-order valence-electron chi connectivity index (χ3n) is 4.37. The zero-order chi connectivity index (χ0) is 21.3. The van der Waals surface area contributed by atoms with Gasteiger partial charge in [0.25, 0.3) is 0 Å². The van der Waals surface area contributed by atoms with Gasteiger partial charge in [-0.1, -0.05) is 54.6 Å². The largest absolute Gasteiger partial charge is 0.496 e. The van der Waals surface area contributed by atoms with Gasteiger partial charge in [0, 0.05) is 0 Å². The topological polar surface area (TPSA) is 81.7 Å². The lowest BCUT2D eigenvalue weighted by Crippen LogP contribution is -2.19. The fourth-order valence-corrected chi connectivity index (χ4v) is 2.91. The number of amides is 1. The molecule has 0 aliphatic carbocycles.